The summed E-state index contributed by atoms with van der Waals surface area (Å²) in [6.45, 7) is 3.93. The first-order valence-electron chi connectivity index (χ1n) is 5.33. The van der Waals surface area contributed by atoms with Gasteiger partial charge in [-0.15, -0.1) is 0 Å². The molecule has 0 N–H and O–H groups in total. The van der Waals surface area contributed by atoms with Gasteiger partial charge < -0.3 is 14.2 Å². The number of rotatable bonds is 4. The molecule has 15 heavy (non-hydrogen) atoms. The van der Waals surface area contributed by atoms with Gasteiger partial charge in [-0.05, 0) is 24.1 Å². The monoisotopic (exact) mass is 208 g/mol. The topological polar surface area (TPSA) is 27.7 Å². The third kappa shape index (κ3) is 2.94. The standard InChI is InChI=1S/C12H16O3/c1-2-10-4-3-5-11(8-10)15-9-12-13-6-7-14-12/h3-5,8,12H,2,6-7,9H2,1H3. The highest BCUT2D eigenvalue weighted by molar-refractivity contribution is 5.28. The molecular weight excluding hydrogens is 192 g/mol. The van der Waals surface area contributed by atoms with Gasteiger partial charge in [0.2, 0.25) is 0 Å². The summed E-state index contributed by atoms with van der Waals surface area (Å²) >= 11 is 0. The van der Waals surface area contributed by atoms with Gasteiger partial charge in [-0.3, -0.25) is 0 Å². The maximum atomic E-state index is 5.58. The van der Waals surface area contributed by atoms with Gasteiger partial charge in [0.1, 0.15) is 12.4 Å². The molecule has 0 aromatic heterocycles. The van der Waals surface area contributed by atoms with Crippen molar-refractivity contribution >= 4 is 0 Å². The minimum atomic E-state index is -0.199. The van der Waals surface area contributed by atoms with Gasteiger partial charge in [-0.25, -0.2) is 0 Å². The minimum absolute atomic E-state index is 0.199. The van der Waals surface area contributed by atoms with E-state index in [4.69, 9.17) is 14.2 Å². The summed E-state index contributed by atoms with van der Waals surface area (Å²) in [6.07, 6.45) is 0.823. The van der Waals surface area contributed by atoms with Crippen molar-refractivity contribution in [2.24, 2.45) is 0 Å². The molecule has 1 aromatic rings. The second-order valence-corrected chi connectivity index (χ2v) is 3.48. The zero-order valence-electron chi connectivity index (χ0n) is 8.94. The van der Waals surface area contributed by atoms with Gasteiger partial charge in [0.15, 0.2) is 6.29 Å². The molecule has 3 nitrogen and oxygen atoms in total. The fraction of sp³-hybridized carbons (Fsp3) is 0.500. The van der Waals surface area contributed by atoms with Gasteiger partial charge in [0.25, 0.3) is 0 Å². The smallest absolute Gasteiger partial charge is 0.191 e. The third-order valence-corrected chi connectivity index (χ3v) is 2.38. The summed E-state index contributed by atoms with van der Waals surface area (Å²) in [4.78, 5) is 0. The van der Waals surface area contributed by atoms with Crippen LogP contribution >= 0.6 is 0 Å². The molecule has 0 atom stereocenters. The van der Waals surface area contributed by atoms with E-state index in [0.29, 0.717) is 19.8 Å². The van der Waals surface area contributed by atoms with Crippen LogP contribution in [0.4, 0.5) is 0 Å². The summed E-state index contributed by atoms with van der Waals surface area (Å²) in [6, 6.07) is 8.10. The molecule has 0 amide bonds. The van der Waals surface area contributed by atoms with Gasteiger partial charge in [0, 0.05) is 0 Å². The zero-order valence-corrected chi connectivity index (χ0v) is 8.94. The first kappa shape index (κ1) is 10.5. The lowest BCUT2D eigenvalue weighted by Crippen LogP contribution is -2.18. The van der Waals surface area contributed by atoms with E-state index in [1.54, 1.807) is 0 Å². The van der Waals surface area contributed by atoms with Crippen LogP contribution in [0.15, 0.2) is 24.3 Å². The van der Waals surface area contributed by atoms with E-state index < -0.39 is 0 Å². The maximum absolute atomic E-state index is 5.58. The van der Waals surface area contributed by atoms with Crippen molar-refractivity contribution in [2.45, 2.75) is 19.6 Å². The molecule has 0 spiro atoms. The molecule has 1 aliphatic rings. The molecule has 0 aliphatic carbocycles. The Hall–Kier alpha value is -1.06. The van der Waals surface area contributed by atoms with Crippen LogP contribution < -0.4 is 4.74 Å². The summed E-state index contributed by atoms with van der Waals surface area (Å²) in [5.41, 5.74) is 1.28. The van der Waals surface area contributed by atoms with E-state index in [1.165, 1.54) is 5.56 Å². The van der Waals surface area contributed by atoms with Crippen LogP contribution in [-0.2, 0) is 15.9 Å². The molecule has 1 fully saturated rings. The second-order valence-electron chi connectivity index (χ2n) is 3.48. The van der Waals surface area contributed by atoms with E-state index >= 15 is 0 Å². The highest BCUT2D eigenvalue weighted by Gasteiger charge is 2.16. The molecule has 1 saturated heterocycles. The number of benzene rings is 1. The van der Waals surface area contributed by atoms with Crippen molar-refractivity contribution in [1.82, 2.24) is 0 Å². The Labute approximate surface area is 90.0 Å². The molecule has 0 radical (unpaired) electrons. The molecule has 3 heteroatoms. The van der Waals surface area contributed by atoms with Crippen molar-refractivity contribution in [1.29, 1.82) is 0 Å². The van der Waals surface area contributed by atoms with Crippen LogP contribution in [0, 0.1) is 0 Å². The summed E-state index contributed by atoms with van der Waals surface area (Å²) < 4.78 is 16.2. The zero-order chi connectivity index (χ0) is 10.5. The molecule has 1 aromatic carbocycles. The fourth-order valence-corrected chi connectivity index (χ4v) is 1.52. The van der Waals surface area contributed by atoms with Crippen molar-refractivity contribution < 1.29 is 14.2 Å². The molecular formula is C12H16O3. The minimum Gasteiger partial charge on any atom is -0.488 e. The van der Waals surface area contributed by atoms with Gasteiger partial charge in [0.05, 0.1) is 13.2 Å². The van der Waals surface area contributed by atoms with Crippen molar-refractivity contribution in [2.75, 3.05) is 19.8 Å². The lowest BCUT2D eigenvalue weighted by atomic mass is 10.2. The number of aryl methyl sites for hydroxylation is 1. The lowest BCUT2D eigenvalue weighted by molar-refractivity contribution is -0.0684. The van der Waals surface area contributed by atoms with Crippen molar-refractivity contribution in [3.8, 4) is 5.75 Å². The van der Waals surface area contributed by atoms with E-state index in [1.807, 2.05) is 12.1 Å². The van der Waals surface area contributed by atoms with Gasteiger partial charge >= 0.3 is 0 Å². The Morgan fingerprint density at radius 3 is 2.87 bits per heavy atom. The van der Waals surface area contributed by atoms with Gasteiger partial charge in [-0.1, -0.05) is 19.1 Å². The Morgan fingerprint density at radius 1 is 1.33 bits per heavy atom. The SMILES string of the molecule is CCc1cccc(OCC2OCCO2)c1. The fourth-order valence-electron chi connectivity index (χ4n) is 1.52. The van der Waals surface area contributed by atoms with Crippen molar-refractivity contribution in [3.05, 3.63) is 29.8 Å². The van der Waals surface area contributed by atoms with E-state index in [9.17, 15) is 0 Å². The van der Waals surface area contributed by atoms with E-state index in [2.05, 4.69) is 19.1 Å². The van der Waals surface area contributed by atoms with Crippen LogP contribution in [0.1, 0.15) is 12.5 Å². The molecule has 1 aliphatic heterocycles. The van der Waals surface area contributed by atoms with E-state index in [-0.39, 0.29) is 6.29 Å². The first-order chi connectivity index (χ1) is 7.38. The predicted octanol–water partition coefficient (Wildman–Crippen LogP) is 2.00. The van der Waals surface area contributed by atoms with Gasteiger partial charge in [-0.2, -0.15) is 0 Å². The molecule has 2 rings (SSSR count). The number of hydrogen-bond acceptors (Lipinski definition) is 3. The quantitative estimate of drug-likeness (QED) is 0.757. The Balaban J connectivity index is 1.86. The summed E-state index contributed by atoms with van der Waals surface area (Å²) in [5.74, 6) is 0.883. The van der Waals surface area contributed by atoms with Crippen LogP contribution in [0.25, 0.3) is 0 Å². The average Bonchev–Trinajstić information content (AvgIpc) is 2.79. The molecule has 0 unspecified atom stereocenters. The maximum Gasteiger partial charge on any atom is 0.191 e. The van der Waals surface area contributed by atoms with Crippen LogP contribution in [-0.4, -0.2) is 26.1 Å². The lowest BCUT2D eigenvalue weighted by Gasteiger charge is -2.11. The summed E-state index contributed by atoms with van der Waals surface area (Å²) in [5, 5.41) is 0. The molecule has 0 saturated carbocycles. The third-order valence-electron chi connectivity index (χ3n) is 2.38. The largest absolute Gasteiger partial charge is 0.488 e. The van der Waals surface area contributed by atoms with E-state index in [0.717, 1.165) is 12.2 Å². The first-order valence-corrected chi connectivity index (χ1v) is 5.33. The summed E-state index contributed by atoms with van der Waals surface area (Å²) in [7, 11) is 0. The Bertz CT molecular complexity index is 305. The highest BCUT2D eigenvalue weighted by Crippen LogP contribution is 2.15. The van der Waals surface area contributed by atoms with Crippen LogP contribution in [0.5, 0.6) is 5.75 Å². The molecule has 0 bridgehead atoms. The number of ether oxygens (including phenoxy) is 3. The molecule has 1 heterocycles. The Morgan fingerprint density at radius 2 is 2.13 bits per heavy atom. The van der Waals surface area contributed by atoms with Crippen molar-refractivity contribution in [3.63, 3.8) is 0 Å². The second kappa shape index (κ2) is 5.14. The average molecular weight is 208 g/mol. The predicted molar refractivity (Wildman–Crippen MR) is 57.0 cm³/mol. The normalized spacial score (nSPS) is 16.9. The molecule has 82 valence electrons. The number of hydrogen-bond donors (Lipinski definition) is 0. The Kier molecular flexibility index (Phi) is 3.59. The van der Waals surface area contributed by atoms with Crippen LogP contribution in [0.3, 0.4) is 0 Å². The highest BCUT2D eigenvalue weighted by atomic mass is 16.7. The van der Waals surface area contributed by atoms with Crippen LogP contribution in [0.2, 0.25) is 0 Å².